The number of nitrogens with zero attached hydrogens (tertiary/aromatic N) is 2. The van der Waals surface area contributed by atoms with Gasteiger partial charge in [-0.15, -0.1) is 0 Å². The number of fused-ring (bicyclic) bond motifs is 4. The molecule has 0 amide bonds. The van der Waals surface area contributed by atoms with Crippen molar-refractivity contribution in [3.8, 4) is 0 Å². The average molecular weight is 524 g/mol. The van der Waals surface area contributed by atoms with Crippen molar-refractivity contribution >= 4 is 42.0 Å². The van der Waals surface area contributed by atoms with Crippen LogP contribution in [0.5, 0.6) is 0 Å². The fourth-order valence-electron chi connectivity index (χ4n) is 5.57. The van der Waals surface area contributed by atoms with Gasteiger partial charge in [-0.05, 0) is 79.7 Å². The normalized spacial score (nSPS) is 25.6. The molecule has 0 saturated carbocycles. The van der Waals surface area contributed by atoms with Crippen molar-refractivity contribution in [2.75, 3.05) is 42.3 Å². The van der Waals surface area contributed by atoms with Gasteiger partial charge in [-0.3, -0.25) is 14.4 Å². The SMILES string of the molecule is N[C@@H](c1ccnc2ccccc12)[C@@H]1C[C@@H]2CCN1C[C@@H]2CCSCCSCCCCP(=O)(O)O. The second kappa shape index (κ2) is 12.6. The summed E-state index contributed by atoms with van der Waals surface area (Å²) in [7, 11) is -3.82. The molecule has 4 N–H and O–H groups in total. The zero-order chi connectivity index (χ0) is 24.0. The molecule has 0 aliphatic carbocycles. The van der Waals surface area contributed by atoms with Gasteiger partial charge in [-0.1, -0.05) is 18.2 Å². The third-order valence-electron chi connectivity index (χ3n) is 7.39. The van der Waals surface area contributed by atoms with Gasteiger partial charge in [0.15, 0.2) is 0 Å². The molecule has 2 bridgehead atoms. The van der Waals surface area contributed by atoms with Crippen molar-refractivity contribution in [3.63, 3.8) is 0 Å². The number of benzene rings is 1. The van der Waals surface area contributed by atoms with Crippen molar-refractivity contribution in [1.82, 2.24) is 9.88 Å². The predicted molar refractivity (Wildman–Crippen MR) is 146 cm³/mol. The zero-order valence-electron chi connectivity index (χ0n) is 19.8. The molecule has 3 aliphatic rings. The molecule has 4 heterocycles. The fourth-order valence-corrected chi connectivity index (χ4v) is 8.44. The second-order valence-corrected chi connectivity index (χ2v) is 13.9. The Kier molecular flexibility index (Phi) is 9.79. The summed E-state index contributed by atoms with van der Waals surface area (Å²) in [5.41, 5.74) is 9.13. The molecule has 3 fully saturated rings. The van der Waals surface area contributed by atoms with Gasteiger partial charge >= 0.3 is 7.60 Å². The molecule has 6 nitrogen and oxygen atoms in total. The Balaban J connectivity index is 1.16. The van der Waals surface area contributed by atoms with Crippen molar-refractivity contribution in [2.24, 2.45) is 17.6 Å². The molecule has 2 aromatic rings. The highest BCUT2D eigenvalue weighted by Gasteiger charge is 2.42. The van der Waals surface area contributed by atoms with E-state index < -0.39 is 7.60 Å². The van der Waals surface area contributed by atoms with E-state index >= 15 is 0 Å². The number of para-hydroxylation sites is 1. The molecule has 5 atom stereocenters. The molecule has 3 aliphatic heterocycles. The maximum Gasteiger partial charge on any atom is 0.325 e. The topological polar surface area (TPSA) is 99.7 Å². The molecule has 1 aromatic heterocycles. The summed E-state index contributed by atoms with van der Waals surface area (Å²) < 4.78 is 10.9. The van der Waals surface area contributed by atoms with Crippen molar-refractivity contribution < 1.29 is 14.4 Å². The fraction of sp³-hybridized carbons (Fsp3) is 0.640. The first-order valence-corrected chi connectivity index (χ1v) is 16.6. The van der Waals surface area contributed by atoms with E-state index in [1.807, 2.05) is 24.0 Å². The third-order valence-corrected chi connectivity index (χ3v) is 10.6. The lowest BCUT2D eigenvalue weighted by Crippen LogP contribution is -2.56. The number of thioether (sulfide) groups is 2. The second-order valence-electron chi connectivity index (χ2n) is 9.66. The monoisotopic (exact) mass is 523 g/mol. The summed E-state index contributed by atoms with van der Waals surface area (Å²) in [4.78, 5) is 24.9. The quantitative estimate of drug-likeness (QED) is 0.255. The van der Waals surface area contributed by atoms with E-state index in [1.165, 1.54) is 49.1 Å². The summed E-state index contributed by atoms with van der Waals surface area (Å²) in [6.45, 7) is 2.36. The number of piperidine rings is 3. The Morgan fingerprint density at radius 2 is 1.91 bits per heavy atom. The van der Waals surface area contributed by atoms with Gasteiger partial charge in [0, 0.05) is 47.9 Å². The van der Waals surface area contributed by atoms with Crippen LogP contribution in [0.4, 0.5) is 0 Å². The van der Waals surface area contributed by atoms with Crippen molar-refractivity contribution in [3.05, 3.63) is 42.1 Å². The third kappa shape index (κ3) is 7.22. The smallest absolute Gasteiger partial charge is 0.324 e. The highest BCUT2D eigenvalue weighted by Crippen LogP contribution is 2.42. The lowest BCUT2D eigenvalue weighted by Gasteiger charge is -2.52. The van der Waals surface area contributed by atoms with E-state index in [1.54, 1.807) is 0 Å². The molecule has 0 radical (unpaired) electrons. The molecular weight excluding hydrogens is 485 g/mol. The standard InChI is InChI=1S/C25H38N3O3PS2/c26-25(22-7-10-27-23-6-2-1-5-21(22)23)24-17-19-8-11-28(24)18-20(19)9-14-34-16-15-33-13-4-3-12-32(29,30)31/h1-2,5-7,10,19-20,24-25H,3-4,8-9,11-18,26H2,(H2,29,30,31)/t19-,20-,24-,25-/m0/s1. The molecule has 1 aromatic carbocycles. The summed E-state index contributed by atoms with van der Waals surface area (Å²) >= 11 is 3.96. The number of unbranched alkanes of at least 4 members (excludes halogenated alkanes) is 1. The molecule has 5 rings (SSSR count). The average Bonchev–Trinajstić information content (AvgIpc) is 2.84. The van der Waals surface area contributed by atoms with Crippen LogP contribution in [0, 0.1) is 11.8 Å². The molecule has 0 spiro atoms. The molecule has 3 saturated heterocycles. The van der Waals surface area contributed by atoms with Crippen LogP contribution in [0.1, 0.15) is 43.7 Å². The van der Waals surface area contributed by atoms with Gasteiger partial charge in [-0.2, -0.15) is 23.5 Å². The highest BCUT2D eigenvalue weighted by atomic mass is 32.2. The van der Waals surface area contributed by atoms with Crippen LogP contribution in [0.3, 0.4) is 0 Å². The molecular formula is C25H38N3O3PS2. The van der Waals surface area contributed by atoms with Gasteiger partial charge in [0.05, 0.1) is 5.52 Å². The number of hydrogen-bond acceptors (Lipinski definition) is 6. The maximum atomic E-state index is 10.9. The highest BCUT2D eigenvalue weighted by molar-refractivity contribution is 8.02. The molecule has 1 unspecified atom stereocenters. The molecule has 9 heteroatoms. The van der Waals surface area contributed by atoms with Gasteiger partial charge in [0.25, 0.3) is 0 Å². The Labute approximate surface area is 212 Å². The van der Waals surface area contributed by atoms with Gasteiger partial charge in [0.2, 0.25) is 0 Å². The molecule has 34 heavy (non-hydrogen) atoms. The number of pyridine rings is 1. The first kappa shape index (κ1) is 26.5. The van der Waals surface area contributed by atoms with Crippen LogP contribution in [-0.4, -0.2) is 68.0 Å². The van der Waals surface area contributed by atoms with Crippen molar-refractivity contribution in [1.29, 1.82) is 0 Å². The van der Waals surface area contributed by atoms with E-state index in [4.69, 9.17) is 15.5 Å². The van der Waals surface area contributed by atoms with Crippen LogP contribution in [-0.2, 0) is 4.57 Å². The first-order chi connectivity index (χ1) is 16.4. The minimum atomic E-state index is -3.82. The van der Waals surface area contributed by atoms with Crippen LogP contribution in [0.25, 0.3) is 10.9 Å². The Morgan fingerprint density at radius 3 is 2.68 bits per heavy atom. The summed E-state index contributed by atoms with van der Waals surface area (Å²) in [6, 6.07) is 10.9. The van der Waals surface area contributed by atoms with Gasteiger partial charge in [0.1, 0.15) is 0 Å². The van der Waals surface area contributed by atoms with Gasteiger partial charge < -0.3 is 15.5 Å². The lowest BCUT2D eigenvalue weighted by atomic mass is 9.72. The Hall–Kier alpha value is -0.600. The van der Waals surface area contributed by atoms with Crippen LogP contribution in [0.15, 0.2) is 36.5 Å². The minimum absolute atomic E-state index is 0.0206. The maximum absolute atomic E-state index is 10.9. The van der Waals surface area contributed by atoms with Gasteiger partial charge in [-0.25, -0.2) is 0 Å². The Bertz CT molecular complexity index is 970. The number of aromatic nitrogens is 1. The van der Waals surface area contributed by atoms with E-state index in [-0.39, 0.29) is 12.2 Å². The largest absolute Gasteiger partial charge is 0.325 e. The van der Waals surface area contributed by atoms with E-state index in [0.717, 1.165) is 41.0 Å². The minimum Gasteiger partial charge on any atom is -0.324 e. The van der Waals surface area contributed by atoms with E-state index in [2.05, 4.69) is 45.9 Å². The summed E-state index contributed by atoms with van der Waals surface area (Å²) in [5, 5.41) is 1.19. The van der Waals surface area contributed by atoms with Crippen molar-refractivity contribution in [2.45, 2.75) is 44.2 Å². The summed E-state index contributed by atoms with van der Waals surface area (Å²) in [6.07, 6.45) is 7.22. The number of rotatable bonds is 13. The predicted octanol–water partition coefficient (Wildman–Crippen LogP) is 4.76. The number of hydrogen-bond donors (Lipinski definition) is 3. The first-order valence-electron chi connectivity index (χ1n) is 12.5. The van der Waals surface area contributed by atoms with Crippen LogP contribution < -0.4 is 5.73 Å². The Morgan fingerprint density at radius 1 is 1.12 bits per heavy atom. The van der Waals surface area contributed by atoms with E-state index in [0.29, 0.717) is 12.5 Å². The number of nitrogens with two attached hydrogens (primary N) is 1. The molecule has 188 valence electrons. The zero-order valence-corrected chi connectivity index (χ0v) is 22.3. The summed E-state index contributed by atoms with van der Waals surface area (Å²) in [5.74, 6) is 6.08. The lowest BCUT2D eigenvalue weighted by molar-refractivity contribution is -0.0101. The van der Waals surface area contributed by atoms with E-state index in [9.17, 15) is 4.57 Å². The van der Waals surface area contributed by atoms with Crippen LogP contribution >= 0.6 is 31.1 Å². The van der Waals surface area contributed by atoms with Crippen LogP contribution in [0.2, 0.25) is 0 Å².